The van der Waals surface area contributed by atoms with Gasteiger partial charge in [0.15, 0.2) is 0 Å². The van der Waals surface area contributed by atoms with Crippen LogP contribution in [-0.2, 0) is 14.4 Å². The van der Waals surface area contributed by atoms with E-state index >= 15 is 0 Å². The third kappa shape index (κ3) is 6.32. The van der Waals surface area contributed by atoms with Crippen molar-refractivity contribution in [3.05, 3.63) is 0 Å². The molecule has 8 nitrogen and oxygen atoms in total. The molecule has 122 valence electrons. The van der Waals surface area contributed by atoms with Crippen LogP contribution in [0.5, 0.6) is 0 Å². The third-order valence-corrected chi connectivity index (χ3v) is 3.23. The Labute approximate surface area is 128 Å². The van der Waals surface area contributed by atoms with Crippen molar-refractivity contribution in [3.8, 4) is 0 Å². The molecule has 0 unspecified atom stereocenters. The summed E-state index contributed by atoms with van der Waals surface area (Å²) >= 11 is 3.84. The van der Waals surface area contributed by atoms with E-state index in [-0.39, 0.29) is 11.7 Å². The molecule has 0 rings (SSSR count). The number of thiol groups is 1. The van der Waals surface area contributed by atoms with Gasteiger partial charge < -0.3 is 26.6 Å². The fourth-order valence-corrected chi connectivity index (χ4v) is 1.70. The molecule has 0 saturated heterocycles. The molecule has 0 heterocycles. The summed E-state index contributed by atoms with van der Waals surface area (Å²) < 4.78 is 0. The summed E-state index contributed by atoms with van der Waals surface area (Å²) in [6, 6.07) is -3.27. The predicted molar refractivity (Wildman–Crippen MR) is 79.8 cm³/mol. The van der Waals surface area contributed by atoms with E-state index in [1.807, 2.05) is 0 Å². The molecule has 0 aromatic heterocycles. The third-order valence-electron chi connectivity index (χ3n) is 2.87. The zero-order valence-electron chi connectivity index (χ0n) is 12.2. The van der Waals surface area contributed by atoms with E-state index in [4.69, 9.17) is 10.8 Å². The van der Waals surface area contributed by atoms with Crippen LogP contribution in [0.15, 0.2) is 0 Å². The first-order valence-corrected chi connectivity index (χ1v) is 7.13. The van der Waals surface area contributed by atoms with E-state index in [2.05, 4.69) is 23.3 Å². The minimum absolute atomic E-state index is 0.0764. The average Bonchev–Trinajstić information content (AvgIpc) is 2.39. The zero-order chi connectivity index (χ0) is 16.7. The summed E-state index contributed by atoms with van der Waals surface area (Å²) in [5.41, 5.74) is 5.48. The van der Waals surface area contributed by atoms with Crippen molar-refractivity contribution in [1.82, 2.24) is 10.6 Å². The Morgan fingerprint density at radius 1 is 1.14 bits per heavy atom. The Bertz CT molecular complexity index is 389. The van der Waals surface area contributed by atoms with E-state index in [9.17, 15) is 19.5 Å². The van der Waals surface area contributed by atoms with Gasteiger partial charge in [-0.05, 0) is 12.8 Å². The Hall–Kier alpha value is -1.32. The number of aliphatic hydroxyl groups excluding tert-OH is 1. The largest absolute Gasteiger partial charge is 0.480 e. The summed E-state index contributed by atoms with van der Waals surface area (Å²) in [7, 11) is 0. The van der Waals surface area contributed by atoms with Crippen molar-refractivity contribution in [2.24, 2.45) is 11.7 Å². The smallest absolute Gasteiger partial charge is 0.327 e. The number of rotatable bonds is 8. The summed E-state index contributed by atoms with van der Waals surface area (Å²) in [4.78, 5) is 34.7. The van der Waals surface area contributed by atoms with Gasteiger partial charge in [-0.3, -0.25) is 9.59 Å². The second-order valence-corrected chi connectivity index (χ2v) is 5.44. The molecule has 0 radical (unpaired) electrons. The van der Waals surface area contributed by atoms with Crippen molar-refractivity contribution >= 4 is 30.4 Å². The quantitative estimate of drug-likeness (QED) is 0.295. The second kappa shape index (κ2) is 8.85. The van der Waals surface area contributed by atoms with Crippen molar-refractivity contribution in [1.29, 1.82) is 0 Å². The highest BCUT2D eigenvalue weighted by Crippen LogP contribution is 2.04. The molecule has 21 heavy (non-hydrogen) atoms. The lowest BCUT2D eigenvalue weighted by molar-refractivity contribution is -0.141. The standard InChI is InChI=1S/C12H23N3O5S/c1-5(2)9(15-10(17)8(13)6(3)16)11(18)14-7(4-21)12(19)20/h5-9,16,21H,4,13H2,1-3H3,(H,14,18)(H,15,17)(H,19,20)/t6-,7+,8+,9+/m1/s1. The van der Waals surface area contributed by atoms with Crippen LogP contribution in [0.3, 0.4) is 0 Å². The molecule has 2 amide bonds. The van der Waals surface area contributed by atoms with Crippen LogP contribution in [0.25, 0.3) is 0 Å². The monoisotopic (exact) mass is 321 g/mol. The van der Waals surface area contributed by atoms with E-state index in [0.717, 1.165) is 0 Å². The van der Waals surface area contributed by atoms with Gasteiger partial charge in [-0.25, -0.2) is 4.79 Å². The minimum Gasteiger partial charge on any atom is -0.480 e. The maximum atomic E-state index is 12.1. The van der Waals surface area contributed by atoms with Gasteiger partial charge in [-0.1, -0.05) is 13.8 Å². The van der Waals surface area contributed by atoms with Gasteiger partial charge in [0.1, 0.15) is 18.1 Å². The Morgan fingerprint density at radius 2 is 1.67 bits per heavy atom. The molecule has 0 aliphatic rings. The van der Waals surface area contributed by atoms with E-state index < -0.39 is 42.0 Å². The van der Waals surface area contributed by atoms with Crippen LogP contribution in [0.2, 0.25) is 0 Å². The molecule has 0 aromatic rings. The molecule has 0 bridgehead atoms. The number of nitrogens with one attached hydrogen (secondary N) is 2. The number of hydrogen-bond donors (Lipinski definition) is 6. The van der Waals surface area contributed by atoms with Crippen LogP contribution < -0.4 is 16.4 Å². The van der Waals surface area contributed by atoms with E-state index in [1.165, 1.54) is 6.92 Å². The number of carboxylic acid groups (broad SMARTS) is 1. The van der Waals surface area contributed by atoms with Crippen molar-refractivity contribution in [2.75, 3.05) is 5.75 Å². The van der Waals surface area contributed by atoms with Crippen molar-refractivity contribution in [3.63, 3.8) is 0 Å². The van der Waals surface area contributed by atoms with Crippen LogP contribution in [-0.4, -0.2) is 58.0 Å². The number of aliphatic carboxylic acids is 1. The van der Waals surface area contributed by atoms with E-state index in [0.29, 0.717) is 0 Å². The molecule has 0 saturated carbocycles. The molecule has 4 atom stereocenters. The minimum atomic E-state index is -1.21. The molecule has 0 aliphatic carbocycles. The van der Waals surface area contributed by atoms with Gasteiger partial charge in [0, 0.05) is 5.75 Å². The lowest BCUT2D eigenvalue weighted by Gasteiger charge is -2.25. The molecule has 6 N–H and O–H groups in total. The highest BCUT2D eigenvalue weighted by atomic mass is 32.1. The second-order valence-electron chi connectivity index (χ2n) is 5.08. The number of nitrogens with two attached hydrogens (primary N) is 1. The normalized spacial score (nSPS) is 16.7. The van der Waals surface area contributed by atoms with Gasteiger partial charge in [-0.2, -0.15) is 12.6 Å². The number of hydrogen-bond acceptors (Lipinski definition) is 6. The topological polar surface area (TPSA) is 142 Å². The van der Waals surface area contributed by atoms with Gasteiger partial charge in [-0.15, -0.1) is 0 Å². The highest BCUT2D eigenvalue weighted by Gasteiger charge is 2.30. The fourth-order valence-electron chi connectivity index (χ4n) is 1.45. The number of amides is 2. The zero-order valence-corrected chi connectivity index (χ0v) is 13.1. The Balaban J connectivity index is 4.87. The van der Waals surface area contributed by atoms with Gasteiger partial charge in [0.2, 0.25) is 11.8 Å². The first-order chi connectivity index (χ1) is 9.61. The molecule has 0 aromatic carbocycles. The van der Waals surface area contributed by atoms with Crippen molar-refractivity contribution < 1.29 is 24.6 Å². The van der Waals surface area contributed by atoms with E-state index in [1.54, 1.807) is 13.8 Å². The maximum absolute atomic E-state index is 12.1. The van der Waals surface area contributed by atoms with Gasteiger partial charge in [0.25, 0.3) is 0 Å². The van der Waals surface area contributed by atoms with Crippen LogP contribution >= 0.6 is 12.6 Å². The lowest BCUT2D eigenvalue weighted by Crippen LogP contribution is -2.58. The molecule has 0 fully saturated rings. The van der Waals surface area contributed by atoms with Crippen LogP contribution in [0.4, 0.5) is 0 Å². The first kappa shape index (κ1) is 19.7. The SMILES string of the molecule is CC(C)[C@H](NC(=O)[C@@H](N)[C@@H](C)O)C(=O)N[C@@H](CS)C(=O)O. The number of carbonyl (C=O) groups is 3. The van der Waals surface area contributed by atoms with Crippen LogP contribution in [0.1, 0.15) is 20.8 Å². The molecular weight excluding hydrogens is 298 g/mol. The molecule has 0 spiro atoms. The molecule has 9 heteroatoms. The van der Waals surface area contributed by atoms with Gasteiger partial charge in [0.05, 0.1) is 6.10 Å². The molecule has 0 aliphatic heterocycles. The Morgan fingerprint density at radius 3 is 2.00 bits per heavy atom. The summed E-state index contributed by atoms with van der Waals surface area (Å²) in [6.45, 7) is 4.74. The lowest BCUT2D eigenvalue weighted by atomic mass is 10.0. The summed E-state index contributed by atoms with van der Waals surface area (Å²) in [6.07, 6.45) is -1.06. The Kier molecular flexibility index (Phi) is 8.30. The number of carbonyl (C=O) groups excluding carboxylic acids is 2. The molecular formula is C12H23N3O5S. The number of carboxylic acids is 1. The average molecular weight is 321 g/mol. The first-order valence-electron chi connectivity index (χ1n) is 6.49. The maximum Gasteiger partial charge on any atom is 0.327 e. The summed E-state index contributed by atoms with van der Waals surface area (Å²) in [5, 5.41) is 22.8. The predicted octanol–water partition coefficient (Wildman–Crippen LogP) is -1.67. The fraction of sp³-hybridized carbons (Fsp3) is 0.750. The number of aliphatic hydroxyl groups is 1. The summed E-state index contributed by atoms with van der Waals surface area (Å²) in [5.74, 6) is -2.90. The highest BCUT2D eigenvalue weighted by molar-refractivity contribution is 7.80. The van der Waals surface area contributed by atoms with Crippen LogP contribution in [0, 0.1) is 5.92 Å². The van der Waals surface area contributed by atoms with Gasteiger partial charge >= 0.3 is 5.97 Å². The van der Waals surface area contributed by atoms with Crippen molar-refractivity contribution in [2.45, 2.75) is 45.0 Å².